The van der Waals surface area contributed by atoms with Crippen molar-refractivity contribution in [3.8, 4) is 0 Å². The first-order valence-electron chi connectivity index (χ1n) is 7.39. The molecule has 1 saturated carbocycles. The second-order valence-electron chi connectivity index (χ2n) is 5.30. The number of rotatable bonds is 6. The number of urea groups is 1. The van der Waals surface area contributed by atoms with E-state index in [9.17, 15) is 9.59 Å². The Bertz CT molecular complexity index is 302. The molecular formula is C14H26N2O4. The van der Waals surface area contributed by atoms with Crippen LogP contribution in [0.3, 0.4) is 0 Å². The SMILES string of the molecule is COCCN(CC(=O)O)C(=O)NC1CCCCCCC1. The summed E-state index contributed by atoms with van der Waals surface area (Å²) >= 11 is 0. The minimum atomic E-state index is -1.01. The van der Waals surface area contributed by atoms with Crippen molar-refractivity contribution >= 4 is 12.0 Å². The molecular weight excluding hydrogens is 260 g/mol. The monoisotopic (exact) mass is 286 g/mol. The number of carboxylic acids is 1. The summed E-state index contributed by atoms with van der Waals surface area (Å²) in [5.74, 6) is -1.01. The second kappa shape index (κ2) is 9.58. The summed E-state index contributed by atoms with van der Waals surface area (Å²) in [7, 11) is 1.53. The Morgan fingerprint density at radius 1 is 1.20 bits per heavy atom. The quantitative estimate of drug-likeness (QED) is 0.781. The van der Waals surface area contributed by atoms with Gasteiger partial charge < -0.3 is 20.1 Å². The lowest BCUT2D eigenvalue weighted by molar-refractivity contribution is -0.137. The van der Waals surface area contributed by atoms with Crippen LogP contribution >= 0.6 is 0 Å². The van der Waals surface area contributed by atoms with Crippen LogP contribution in [0.5, 0.6) is 0 Å². The van der Waals surface area contributed by atoms with Crippen LogP contribution in [0.2, 0.25) is 0 Å². The fourth-order valence-corrected chi connectivity index (χ4v) is 2.48. The van der Waals surface area contributed by atoms with E-state index in [4.69, 9.17) is 9.84 Å². The highest BCUT2D eigenvalue weighted by Gasteiger charge is 2.20. The van der Waals surface area contributed by atoms with Crippen molar-refractivity contribution in [1.82, 2.24) is 10.2 Å². The highest BCUT2D eigenvalue weighted by Crippen LogP contribution is 2.17. The first-order valence-corrected chi connectivity index (χ1v) is 7.39. The lowest BCUT2D eigenvalue weighted by Crippen LogP contribution is -2.48. The van der Waals surface area contributed by atoms with Crippen LogP contribution in [-0.2, 0) is 9.53 Å². The van der Waals surface area contributed by atoms with Gasteiger partial charge in [-0.05, 0) is 12.8 Å². The average Bonchev–Trinajstić information content (AvgIpc) is 2.37. The first kappa shape index (κ1) is 16.8. The van der Waals surface area contributed by atoms with Gasteiger partial charge in [0.05, 0.1) is 6.61 Å². The predicted octanol–water partition coefficient (Wildman–Crippen LogP) is 1.84. The van der Waals surface area contributed by atoms with E-state index in [2.05, 4.69) is 5.32 Å². The Morgan fingerprint density at radius 3 is 2.35 bits per heavy atom. The van der Waals surface area contributed by atoms with Gasteiger partial charge in [-0.3, -0.25) is 4.79 Å². The zero-order chi connectivity index (χ0) is 14.8. The number of methoxy groups -OCH3 is 1. The molecule has 0 saturated heterocycles. The summed E-state index contributed by atoms with van der Waals surface area (Å²) in [6, 6.07) is -0.128. The molecule has 0 aromatic rings. The third-order valence-electron chi connectivity index (χ3n) is 3.61. The fraction of sp³-hybridized carbons (Fsp3) is 0.857. The van der Waals surface area contributed by atoms with E-state index in [1.165, 1.54) is 31.3 Å². The number of amides is 2. The normalized spacial score (nSPS) is 17.1. The molecule has 0 aromatic carbocycles. The summed E-state index contributed by atoms with van der Waals surface area (Å²) in [5.41, 5.74) is 0. The number of carboxylic acid groups (broad SMARTS) is 1. The van der Waals surface area contributed by atoms with Gasteiger partial charge in [0.25, 0.3) is 0 Å². The summed E-state index contributed by atoms with van der Waals surface area (Å²) in [6.07, 6.45) is 7.93. The van der Waals surface area contributed by atoms with Crippen molar-refractivity contribution in [1.29, 1.82) is 0 Å². The molecule has 0 aliphatic heterocycles. The number of ether oxygens (including phenoxy) is 1. The van der Waals surface area contributed by atoms with Crippen LogP contribution in [0.1, 0.15) is 44.9 Å². The van der Waals surface area contributed by atoms with Gasteiger partial charge in [0.15, 0.2) is 0 Å². The van der Waals surface area contributed by atoms with E-state index >= 15 is 0 Å². The number of hydrogen-bond acceptors (Lipinski definition) is 3. The van der Waals surface area contributed by atoms with Gasteiger partial charge in [-0.1, -0.05) is 32.1 Å². The molecule has 1 aliphatic carbocycles. The number of carbonyl (C=O) groups is 2. The Balaban J connectivity index is 2.47. The number of nitrogens with zero attached hydrogens (tertiary/aromatic N) is 1. The van der Waals surface area contributed by atoms with Gasteiger partial charge >= 0.3 is 12.0 Å². The van der Waals surface area contributed by atoms with Gasteiger partial charge in [-0.15, -0.1) is 0 Å². The molecule has 2 amide bonds. The molecule has 20 heavy (non-hydrogen) atoms. The van der Waals surface area contributed by atoms with Gasteiger partial charge in [0.1, 0.15) is 6.54 Å². The molecule has 6 heteroatoms. The van der Waals surface area contributed by atoms with E-state index in [0.29, 0.717) is 13.2 Å². The zero-order valence-corrected chi connectivity index (χ0v) is 12.3. The molecule has 0 atom stereocenters. The van der Waals surface area contributed by atoms with Gasteiger partial charge in [-0.2, -0.15) is 0 Å². The maximum absolute atomic E-state index is 12.1. The summed E-state index contributed by atoms with van der Waals surface area (Å²) in [6.45, 7) is 0.342. The van der Waals surface area contributed by atoms with E-state index in [1.807, 2.05) is 0 Å². The Labute approximate surface area is 120 Å². The minimum Gasteiger partial charge on any atom is -0.480 e. The smallest absolute Gasteiger partial charge is 0.323 e. The third-order valence-corrected chi connectivity index (χ3v) is 3.61. The van der Waals surface area contributed by atoms with Crippen molar-refractivity contribution in [2.24, 2.45) is 0 Å². The van der Waals surface area contributed by atoms with Crippen molar-refractivity contribution in [3.05, 3.63) is 0 Å². The molecule has 1 rings (SSSR count). The molecule has 2 N–H and O–H groups in total. The van der Waals surface area contributed by atoms with E-state index in [-0.39, 0.29) is 18.6 Å². The number of nitrogens with one attached hydrogen (secondary N) is 1. The lowest BCUT2D eigenvalue weighted by Gasteiger charge is -2.26. The number of carbonyl (C=O) groups excluding carboxylic acids is 1. The second-order valence-corrected chi connectivity index (χ2v) is 5.30. The van der Waals surface area contributed by atoms with Crippen LogP contribution in [0.4, 0.5) is 4.79 Å². The predicted molar refractivity (Wildman–Crippen MR) is 75.7 cm³/mol. The van der Waals surface area contributed by atoms with E-state index in [1.54, 1.807) is 0 Å². The maximum atomic E-state index is 12.1. The lowest BCUT2D eigenvalue weighted by atomic mass is 9.97. The van der Waals surface area contributed by atoms with Crippen LogP contribution < -0.4 is 5.32 Å². The third kappa shape index (κ3) is 6.75. The van der Waals surface area contributed by atoms with Crippen LogP contribution in [0.25, 0.3) is 0 Å². The van der Waals surface area contributed by atoms with E-state index < -0.39 is 5.97 Å². The molecule has 0 heterocycles. The number of aliphatic carboxylic acids is 1. The summed E-state index contributed by atoms with van der Waals surface area (Å²) in [4.78, 5) is 24.3. The summed E-state index contributed by atoms with van der Waals surface area (Å²) < 4.78 is 4.92. The molecule has 6 nitrogen and oxygen atoms in total. The van der Waals surface area contributed by atoms with Gasteiger partial charge in [0, 0.05) is 19.7 Å². The highest BCUT2D eigenvalue weighted by atomic mass is 16.5. The fourth-order valence-electron chi connectivity index (χ4n) is 2.48. The molecule has 0 spiro atoms. The minimum absolute atomic E-state index is 0.168. The van der Waals surface area contributed by atoms with Crippen molar-refractivity contribution in [3.63, 3.8) is 0 Å². The van der Waals surface area contributed by atoms with Gasteiger partial charge in [0.2, 0.25) is 0 Å². The molecule has 0 unspecified atom stereocenters. The molecule has 0 radical (unpaired) electrons. The Kier molecular flexibility index (Phi) is 8.02. The Morgan fingerprint density at radius 2 is 1.80 bits per heavy atom. The number of hydrogen-bond donors (Lipinski definition) is 2. The van der Waals surface area contributed by atoms with Crippen molar-refractivity contribution in [2.45, 2.75) is 51.0 Å². The highest BCUT2D eigenvalue weighted by molar-refractivity contribution is 5.80. The van der Waals surface area contributed by atoms with Crippen LogP contribution in [-0.4, -0.2) is 54.9 Å². The Hall–Kier alpha value is -1.30. The van der Waals surface area contributed by atoms with Crippen LogP contribution in [0, 0.1) is 0 Å². The zero-order valence-electron chi connectivity index (χ0n) is 12.3. The first-order chi connectivity index (χ1) is 9.63. The molecule has 0 aromatic heterocycles. The van der Waals surface area contributed by atoms with Gasteiger partial charge in [-0.25, -0.2) is 4.79 Å². The molecule has 1 aliphatic rings. The molecule has 0 bridgehead atoms. The maximum Gasteiger partial charge on any atom is 0.323 e. The average molecular weight is 286 g/mol. The van der Waals surface area contributed by atoms with Crippen LogP contribution in [0.15, 0.2) is 0 Å². The summed E-state index contributed by atoms with van der Waals surface area (Å²) in [5, 5.41) is 11.8. The topological polar surface area (TPSA) is 78.9 Å². The molecule has 116 valence electrons. The van der Waals surface area contributed by atoms with Crippen molar-refractivity contribution < 1.29 is 19.4 Å². The van der Waals surface area contributed by atoms with E-state index in [0.717, 1.165) is 25.7 Å². The standard InChI is InChI=1S/C14H26N2O4/c1-20-10-9-16(11-13(17)18)14(19)15-12-7-5-3-2-4-6-8-12/h12H,2-11H2,1H3,(H,15,19)(H,17,18). The van der Waals surface area contributed by atoms with Crippen molar-refractivity contribution in [2.75, 3.05) is 26.8 Å². The largest absolute Gasteiger partial charge is 0.480 e. The molecule has 1 fully saturated rings.